The van der Waals surface area contributed by atoms with Gasteiger partial charge in [0.25, 0.3) is 0 Å². The molecule has 0 amide bonds. The van der Waals surface area contributed by atoms with Gasteiger partial charge in [-0.1, -0.05) is 20.8 Å². The molecule has 2 nitrogen and oxygen atoms in total. The van der Waals surface area contributed by atoms with Gasteiger partial charge in [0.15, 0.2) is 0 Å². The Kier molecular flexibility index (Phi) is 4.71. The number of nitrogens with zero attached hydrogens (tertiary/aromatic N) is 1. The zero-order valence-corrected chi connectivity index (χ0v) is 12.8. The smallest absolute Gasteiger partial charge is 0.0277 e. The second-order valence-electron chi connectivity index (χ2n) is 7.13. The predicted octanol–water partition coefficient (Wildman–Crippen LogP) is 3.28. The zero-order chi connectivity index (χ0) is 13.2. The van der Waals surface area contributed by atoms with E-state index >= 15 is 0 Å². The van der Waals surface area contributed by atoms with Crippen molar-refractivity contribution in [1.29, 1.82) is 0 Å². The minimum atomic E-state index is 0.333. The molecule has 0 aromatic rings. The van der Waals surface area contributed by atoms with Crippen LogP contribution >= 0.6 is 0 Å². The van der Waals surface area contributed by atoms with Crippen molar-refractivity contribution in [2.24, 2.45) is 11.8 Å². The highest BCUT2D eigenvalue weighted by Gasteiger charge is 2.35. The summed E-state index contributed by atoms with van der Waals surface area (Å²) in [5.41, 5.74) is 0.333. The van der Waals surface area contributed by atoms with Gasteiger partial charge in [0.1, 0.15) is 0 Å². The summed E-state index contributed by atoms with van der Waals surface area (Å²) in [5, 5.41) is 3.76. The first-order chi connectivity index (χ1) is 8.54. The van der Waals surface area contributed by atoms with Gasteiger partial charge in [-0.2, -0.15) is 0 Å². The third kappa shape index (κ3) is 3.27. The molecule has 1 heterocycles. The van der Waals surface area contributed by atoms with Crippen LogP contribution in [0.4, 0.5) is 0 Å². The molecule has 4 unspecified atom stereocenters. The minimum Gasteiger partial charge on any atom is -0.310 e. The summed E-state index contributed by atoms with van der Waals surface area (Å²) in [4.78, 5) is 2.81. The van der Waals surface area contributed by atoms with Crippen LogP contribution in [0.5, 0.6) is 0 Å². The van der Waals surface area contributed by atoms with Crippen molar-refractivity contribution < 1.29 is 0 Å². The van der Waals surface area contributed by atoms with Crippen LogP contribution in [-0.4, -0.2) is 36.1 Å². The van der Waals surface area contributed by atoms with Crippen molar-refractivity contribution >= 4 is 0 Å². The second kappa shape index (κ2) is 5.92. The summed E-state index contributed by atoms with van der Waals surface area (Å²) in [5.74, 6) is 1.83. The molecule has 2 aliphatic rings. The van der Waals surface area contributed by atoms with Gasteiger partial charge in [0.05, 0.1) is 0 Å². The molecule has 18 heavy (non-hydrogen) atoms. The lowest BCUT2D eigenvalue weighted by molar-refractivity contribution is 0.0777. The lowest BCUT2D eigenvalue weighted by Crippen LogP contribution is -2.52. The first-order valence-corrected chi connectivity index (χ1v) is 8.03. The van der Waals surface area contributed by atoms with Gasteiger partial charge >= 0.3 is 0 Å². The van der Waals surface area contributed by atoms with E-state index in [0.29, 0.717) is 5.54 Å². The van der Waals surface area contributed by atoms with Gasteiger partial charge < -0.3 is 5.32 Å². The van der Waals surface area contributed by atoms with Crippen LogP contribution in [0.25, 0.3) is 0 Å². The van der Waals surface area contributed by atoms with E-state index < -0.39 is 0 Å². The highest BCUT2D eigenvalue weighted by Crippen LogP contribution is 2.33. The number of hydrogen-bond donors (Lipinski definition) is 1. The molecule has 2 fully saturated rings. The molecule has 0 bridgehead atoms. The molecule has 2 heteroatoms. The Hall–Kier alpha value is -0.0800. The van der Waals surface area contributed by atoms with E-state index in [-0.39, 0.29) is 0 Å². The largest absolute Gasteiger partial charge is 0.310 e. The van der Waals surface area contributed by atoms with E-state index in [2.05, 4.69) is 37.9 Å². The molecule has 4 atom stereocenters. The Morgan fingerprint density at radius 3 is 2.72 bits per heavy atom. The average molecular weight is 252 g/mol. The summed E-state index contributed by atoms with van der Waals surface area (Å²) < 4.78 is 0. The van der Waals surface area contributed by atoms with E-state index in [9.17, 15) is 0 Å². The molecule has 1 saturated heterocycles. The minimum absolute atomic E-state index is 0.333. The van der Waals surface area contributed by atoms with Gasteiger partial charge in [-0.3, -0.25) is 4.90 Å². The molecule has 0 spiro atoms. The van der Waals surface area contributed by atoms with Crippen LogP contribution < -0.4 is 5.32 Å². The van der Waals surface area contributed by atoms with Crippen LogP contribution in [0, 0.1) is 11.8 Å². The van der Waals surface area contributed by atoms with Crippen molar-refractivity contribution in [2.45, 2.75) is 71.4 Å². The molecule has 106 valence electrons. The monoisotopic (exact) mass is 252 g/mol. The molecule has 1 aliphatic carbocycles. The summed E-state index contributed by atoms with van der Waals surface area (Å²) in [6.45, 7) is 13.4. The van der Waals surface area contributed by atoms with Gasteiger partial charge in [-0.15, -0.1) is 0 Å². The third-order valence-electron chi connectivity index (χ3n) is 5.36. The van der Waals surface area contributed by atoms with Gasteiger partial charge in [0.2, 0.25) is 0 Å². The van der Waals surface area contributed by atoms with Crippen molar-refractivity contribution in [3.8, 4) is 0 Å². The average Bonchev–Trinajstić information content (AvgIpc) is 2.52. The van der Waals surface area contributed by atoms with Crippen molar-refractivity contribution in [1.82, 2.24) is 10.2 Å². The molecule has 0 aromatic carbocycles. The Labute approximate surface area is 114 Å². The Balaban J connectivity index is 2.02. The lowest BCUT2D eigenvalue weighted by atomic mass is 9.78. The Morgan fingerprint density at radius 2 is 2.06 bits per heavy atom. The fourth-order valence-corrected chi connectivity index (χ4v) is 3.97. The van der Waals surface area contributed by atoms with Gasteiger partial charge in [-0.25, -0.2) is 0 Å². The lowest BCUT2D eigenvalue weighted by Gasteiger charge is -2.43. The topological polar surface area (TPSA) is 15.3 Å². The van der Waals surface area contributed by atoms with Crippen LogP contribution in [0.3, 0.4) is 0 Å². The second-order valence-corrected chi connectivity index (χ2v) is 7.13. The summed E-state index contributed by atoms with van der Waals surface area (Å²) >= 11 is 0. The molecule has 1 aliphatic heterocycles. The van der Waals surface area contributed by atoms with Crippen LogP contribution in [0.1, 0.15) is 59.8 Å². The Morgan fingerprint density at radius 1 is 1.28 bits per heavy atom. The highest BCUT2D eigenvalue weighted by atomic mass is 15.2. The third-order valence-corrected chi connectivity index (χ3v) is 5.36. The summed E-state index contributed by atoms with van der Waals surface area (Å²) in [7, 11) is 0. The van der Waals surface area contributed by atoms with Crippen molar-refractivity contribution in [2.75, 3.05) is 19.6 Å². The summed E-state index contributed by atoms with van der Waals surface area (Å²) in [6, 6.07) is 0.840. The maximum Gasteiger partial charge on any atom is 0.0277 e. The van der Waals surface area contributed by atoms with Crippen molar-refractivity contribution in [3.63, 3.8) is 0 Å². The van der Waals surface area contributed by atoms with E-state index in [0.717, 1.165) is 17.9 Å². The molecule has 0 radical (unpaired) electrons. The number of nitrogens with one attached hydrogen (secondary N) is 1. The van der Waals surface area contributed by atoms with Crippen LogP contribution in [0.2, 0.25) is 0 Å². The van der Waals surface area contributed by atoms with E-state index in [4.69, 9.17) is 0 Å². The first-order valence-electron chi connectivity index (χ1n) is 8.03. The quantitative estimate of drug-likeness (QED) is 0.811. The predicted molar refractivity (Wildman–Crippen MR) is 78.9 cm³/mol. The first kappa shape index (κ1) is 14.3. The normalized spacial score (nSPS) is 43.7. The highest BCUT2D eigenvalue weighted by molar-refractivity contribution is 4.92. The van der Waals surface area contributed by atoms with E-state index in [1.807, 2.05) is 0 Å². The fraction of sp³-hybridized carbons (Fsp3) is 1.00. The van der Waals surface area contributed by atoms with Crippen molar-refractivity contribution in [3.05, 3.63) is 0 Å². The number of rotatable bonds is 2. The standard InChI is InChI=1S/C16H32N2/c1-5-16(4)12-18(10-6-9-17-16)15-8-7-13(2)11-14(15)3/h13-15,17H,5-12H2,1-4H3. The van der Waals surface area contributed by atoms with E-state index in [1.165, 1.54) is 51.7 Å². The fourth-order valence-electron chi connectivity index (χ4n) is 3.97. The molecule has 1 N–H and O–H groups in total. The maximum atomic E-state index is 3.76. The molecule has 2 rings (SSSR count). The zero-order valence-electron chi connectivity index (χ0n) is 12.8. The molecular formula is C16H32N2. The molecule has 1 saturated carbocycles. The molecular weight excluding hydrogens is 220 g/mol. The molecule has 0 aromatic heterocycles. The van der Waals surface area contributed by atoms with Gasteiger partial charge in [-0.05, 0) is 64.0 Å². The summed E-state index contributed by atoms with van der Waals surface area (Å²) in [6.07, 6.45) is 6.83. The van der Waals surface area contributed by atoms with Crippen LogP contribution in [-0.2, 0) is 0 Å². The Bertz CT molecular complexity index is 266. The van der Waals surface area contributed by atoms with Crippen LogP contribution in [0.15, 0.2) is 0 Å². The maximum absolute atomic E-state index is 3.76. The number of hydrogen-bond acceptors (Lipinski definition) is 2. The van der Waals surface area contributed by atoms with Gasteiger partial charge in [0, 0.05) is 18.1 Å². The van der Waals surface area contributed by atoms with E-state index in [1.54, 1.807) is 0 Å². The SMILES string of the molecule is CCC1(C)CN(C2CCC(C)CC2C)CCCN1.